The molecule has 0 radical (unpaired) electrons. The fourth-order valence-electron chi connectivity index (χ4n) is 0.794. The van der Waals surface area contributed by atoms with E-state index in [0.29, 0.717) is 19.3 Å². The molecule has 0 saturated heterocycles. The number of aliphatic hydroxyl groups excluding tert-OH is 1. The van der Waals surface area contributed by atoms with E-state index in [1.807, 2.05) is 0 Å². The van der Waals surface area contributed by atoms with Crippen LogP contribution in [0.3, 0.4) is 0 Å². The van der Waals surface area contributed by atoms with Gasteiger partial charge in [-0.3, -0.25) is 4.79 Å². The third-order valence-electron chi connectivity index (χ3n) is 1.40. The number of aliphatic hydroxyl groups is 1. The first kappa shape index (κ1) is 11.9. The lowest BCUT2D eigenvalue weighted by atomic mass is 10.2. The van der Waals surface area contributed by atoms with E-state index < -0.39 is 0 Å². The van der Waals surface area contributed by atoms with Gasteiger partial charge in [0.2, 0.25) is 0 Å². The number of hydrogen-bond acceptors (Lipinski definition) is 5. The van der Waals surface area contributed by atoms with Gasteiger partial charge in [0, 0.05) is 12.6 Å². The van der Waals surface area contributed by atoms with Crippen LogP contribution < -0.4 is 0 Å². The Bertz CT molecular complexity index is 158. The number of esters is 1. The lowest BCUT2D eigenvalue weighted by molar-refractivity contribution is -0.144. The van der Waals surface area contributed by atoms with Crippen LogP contribution in [0.5, 0.6) is 0 Å². The predicted octanol–water partition coefficient (Wildman–Crippen LogP) is 0.542. The molecule has 0 heterocycles. The minimum absolute atomic E-state index is 0.0664. The molecule has 0 aliphatic rings. The van der Waals surface area contributed by atoms with Gasteiger partial charge >= 0.3 is 5.97 Å². The minimum atomic E-state index is -0.296. The quantitative estimate of drug-likeness (QED) is 0.201. The van der Waals surface area contributed by atoms with E-state index in [4.69, 9.17) is 10.3 Å². The molecule has 0 aromatic rings. The van der Waals surface area contributed by atoms with Gasteiger partial charge in [0.15, 0.2) is 0 Å². The highest BCUT2D eigenvalue weighted by Gasteiger charge is 2.00. The molecule has 0 aromatic carbocycles. The number of hydrogen-bond donors (Lipinski definition) is 2. The fraction of sp³-hybridized carbons (Fsp3) is 0.750. The molecule has 5 heteroatoms. The summed E-state index contributed by atoms with van der Waals surface area (Å²) in [6, 6.07) is 0. The average molecular weight is 189 g/mol. The summed E-state index contributed by atoms with van der Waals surface area (Å²) >= 11 is 0. The smallest absolute Gasteiger partial charge is 0.305 e. The first-order chi connectivity index (χ1) is 6.31. The summed E-state index contributed by atoms with van der Waals surface area (Å²) in [6.07, 6.45) is 3.89. The topological polar surface area (TPSA) is 79.1 Å². The van der Waals surface area contributed by atoms with Crippen LogP contribution in [0.2, 0.25) is 0 Å². The summed E-state index contributed by atoms with van der Waals surface area (Å²) in [5.41, 5.74) is 0. The van der Waals surface area contributed by atoms with Crippen LogP contribution >= 0.6 is 0 Å². The molecule has 76 valence electrons. The molecular formula is C8H15NO4. The molecule has 0 atom stereocenters. The zero-order chi connectivity index (χ0) is 9.94. The highest BCUT2D eigenvalue weighted by atomic mass is 16.5. The summed E-state index contributed by atoms with van der Waals surface area (Å²) in [5.74, 6) is -0.296. The van der Waals surface area contributed by atoms with Gasteiger partial charge in [-0.1, -0.05) is 0 Å². The van der Waals surface area contributed by atoms with Gasteiger partial charge in [0.1, 0.15) is 6.61 Å². The largest absolute Gasteiger partial charge is 0.463 e. The van der Waals surface area contributed by atoms with Crippen molar-refractivity contribution in [3.05, 3.63) is 0 Å². The fourth-order valence-corrected chi connectivity index (χ4v) is 0.794. The summed E-state index contributed by atoms with van der Waals surface area (Å²) in [4.78, 5) is 10.8. The Labute approximate surface area is 77.0 Å². The van der Waals surface area contributed by atoms with Gasteiger partial charge in [-0.15, -0.1) is 5.16 Å². The van der Waals surface area contributed by atoms with Crippen LogP contribution in [0.4, 0.5) is 0 Å². The number of ether oxygens (including phenoxy) is 1. The first-order valence-electron chi connectivity index (χ1n) is 4.23. The van der Waals surface area contributed by atoms with Gasteiger partial charge < -0.3 is 15.1 Å². The van der Waals surface area contributed by atoms with Crippen molar-refractivity contribution >= 4 is 12.2 Å². The highest BCUT2D eigenvalue weighted by Crippen LogP contribution is 1.99. The van der Waals surface area contributed by atoms with Crippen molar-refractivity contribution in [3.63, 3.8) is 0 Å². The number of carbonyl (C=O) groups excluding carboxylic acids is 1. The Morgan fingerprint density at radius 2 is 2.23 bits per heavy atom. The lowest BCUT2D eigenvalue weighted by Crippen LogP contribution is -2.07. The second-order valence-electron chi connectivity index (χ2n) is 2.49. The molecule has 0 bridgehead atoms. The van der Waals surface area contributed by atoms with Crippen LogP contribution in [0, 0.1) is 0 Å². The van der Waals surface area contributed by atoms with E-state index in [1.165, 1.54) is 6.21 Å². The maximum atomic E-state index is 10.8. The molecular weight excluding hydrogens is 174 g/mol. The monoisotopic (exact) mass is 189 g/mol. The Hall–Kier alpha value is -1.10. The maximum absolute atomic E-state index is 10.8. The molecule has 2 N–H and O–H groups in total. The molecule has 0 spiro atoms. The van der Waals surface area contributed by atoms with Gasteiger partial charge in [-0.25, -0.2) is 0 Å². The van der Waals surface area contributed by atoms with E-state index in [2.05, 4.69) is 9.89 Å². The normalized spacial score (nSPS) is 10.5. The molecule has 0 saturated carbocycles. The standard InChI is InChI=1S/C8H15NO4/c10-6-7-13-8(11)4-2-1-3-5-9-12/h5,10,12H,1-4,6-7H2. The Morgan fingerprint density at radius 1 is 1.46 bits per heavy atom. The van der Waals surface area contributed by atoms with Crippen molar-refractivity contribution in [2.45, 2.75) is 25.7 Å². The van der Waals surface area contributed by atoms with Crippen molar-refractivity contribution in [2.75, 3.05) is 13.2 Å². The first-order valence-corrected chi connectivity index (χ1v) is 4.23. The van der Waals surface area contributed by atoms with Gasteiger partial charge in [0.25, 0.3) is 0 Å². The second-order valence-corrected chi connectivity index (χ2v) is 2.49. The Morgan fingerprint density at radius 3 is 2.85 bits per heavy atom. The van der Waals surface area contributed by atoms with E-state index in [1.54, 1.807) is 0 Å². The van der Waals surface area contributed by atoms with Crippen LogP contribution in [0.25, 0.3) is 0 Å². The van der Waals surface area contributed by atoms with Crippen LogP contribution in [0.1, 0.15) is 25.7 Å². The second kappa shape index (κ2) is 8.99. The van der Waals surface area contributed by atoms with E-state index in [-0.39, 0.29) is 19.2 Å². The molecule has 0 amide bonds. The van der Waals surface area contributed by atoms with E-state index in [9.17, 15) is 4.79 Å². The van der Waals surface area contributed by atoms with Crippen molar-refractivity contribution in [1.29, 1.82) is 0 Å². The van der Waals surface area contributed by atoms with Crippen LogP contribution in [-0.2, 0) is 9.53 Å². The summed E-state index contributed by atoms with van der Waals surface area (Å²) < 4.78 is 4.63. The summed E-state index contributed by atoms with van der Waals surface area (Å²) in [5, 5.41) is 19.2. The van der Waals surface area contributed by atoms with Gasteiger partial charge in [-0.05, 0) is 19.3 Å². The van der Waals surface area contributed by atoms with Crippen molar-refractivity contribution in [2.24, 2.45) is 5.16 Å². The minimum Gasteiger partial charge on any atom is -0.463 e. The van der Waals surface area contributed by atoms with E-state index in [0.717, 1.165) is 6.42 Å². The predicted molar refractivity (Wildman–Crippen MR) is 46.8 cm³/mol. The number of unbranched alkanes of at least 4 members (excludes halogenated alkanes) is 2. The molecule has 0 aliphatic carbocycles. The van der Waals surface area contributed by atoms with E-state index >= 15 is 0 Å². The van der Waals surface area contributed by atoms with Crippen molar-refractivity contribution in [1.82, 2.24) is 0 Å². The van der Waals surface area contributed by atoms with Gasteiger partial charge in [0.05, 0.1) is 6.61 Å². The van der Waals surface area contributed by atoms with Gasteiger partial charge in [-0.2, -0.15) is 0 Å². The zero-order valence-corrected chi connectivity index (χ0v) is 7.48. The lowest BCUT2D eigenvalue weighted by Gasteiger charge is -2.00. The molecule has 5 nitrogen and oxygen atoms in total. The SMILES string of the molecule is O=C(CCCCC=NO)OCCO. The third-order valence-corrected chi connectivity index (χ3v) is 1.40. The molecule has 0 aliphatic heterocycles. The molecule has 0 unspecified atom stereocenters. The Balaban J connectivity index is 3.17. The third kappa shape index (κ3) is 8.81. The number of carbonyl (C=O) groups is 1. The number of oxime groups is 1. The summed E-state index contributed by atoms with van der Waals surface area (Å²) in [7, 11) is 0. The van der Waals surface area contributed by atoms with Crippen LogP contribution in [-0.4, -0.2) is 35.7 Å². The zero-order valence-electron chi connectivity index (χ0n) is 7.48. The maximum Gasteiger partial charge on any atom is 0.305 e. The highest BCUT2D eigenvalue weighted by molar-refractivity contribution is 5.69. The average Bonchev–Trinajstić information content (AvgIpc) is 2.14. The van der Waals surface area contributed by atoms with Crippen molar-refractivity contribution < 1.29 is 19.8 Å². The number of rotatable bonds is 7. The Kier molecular flexibility index (Phi) is 8.23. The van der Waals surface area contributed by atoms with Crippen molar-refractivity contribution in [3.8, 4) is 0 Å². The molecule has 0 rings (SSSR count). The molecule has 13 heavy (non-hydrogen) atoms. The molecule has 0 aromatic heterocycles. The van der Waals surface area contributed by atoms with Crippen LogP contribution in [0.15, 0.2) is 5.16 Å². The number of nitrogens with zero attached hydrogens (tertiary/aromatic N) is 1. The molecule has 0 fully saturated rings. The summed E-state index contributed by atoms with van der Waals surface area (Å²) in [6.45, 7) is -0.0696.